The van der Waals surface area contributed by atoms with Crippen LogP contribution >= 0.6 is 0 Å². The average molecular weight is 376 g/mol. The van der Waals surface area contributed by atoms with Crippen molar-refractivity contribution >= 4 is 15.9 Å². The van der Waals surface area contributed by atoms with Crippen molar-refractivity contribution in [2.45, 2.75) is 37.6 Å². The van der Waals surface area contributed by atoms with Gasteiger partial charge in [0.25, 0.3) is 0 Å². The Kier molecular flexibility index (Phi) is 5.73. The van der Waals surface area contributed by atoms with Gasteiger partial charge in [0, 0.05) is 37.3 Å². The largest absolute Gasteiger partial charge is 0.352 e. The summed E-state index contributed by atoms with van der Waals surface area (Å²) in [5.74, 6) is 0.206. The first-order chi connectivity index (χ1) is 12.5. The maximum absolute atomic E-state index is 12.6. The van der Waals surface area contributed by atoms with E-state index in [4.69, 9.17) is 0 Å². The highest BCUT2D eigenvalue weighted by Crippen LogP contribution is 2.25. The van der Waals surface area contributed by atoms with Crippen LogP contribution in [0, 0.1) is 12.8 Å². The van der Waals surface area contributed by atoms with Gasteiger partial charge in [0.1, 0.15) is 0 Å². The second kappa shape index (κ2) is 8.01. The topological polar surface area (TPSA) is 95.2 Å². The van der Waals surface area contributed by atoms with E-state index in [1.54, 1.807) is 36.5 Å². The summed E-state index contributed by atoms with van der Waals surface area (Å²) in [7, 11) is -3.44. The van der Waals surface area contributed by atoms with E-state index >= 15 is 0 Å². The summed E-state index contributed by atoms with van der Waals surface area (Å²) >= 11 is 0. The van der Waals surface area contributed by atoms with E-state index in [-0.39, 0.29) is 11.8 Å². The highest BCUT2D eigenvalue weighted by atomic mass is 32.2. The monoisotopic (exact) mass is 376 g/mol. The molecule has 8 heteroatoms. The smallest absolute Gasteiger partial charge is 0.243 e. The van der Waals surface area contributed by atoms with Crippen LogP contribution in [0.5, 0.6) is 0 Å². The molecular formula is C18H24N4O3S. The molecule has 1 aromatic carbocycles. The standard InChI is InChI=1S/C18H24N4O3S/c1-14-16(13-20-21-14)12-19-18(23)11-15-7-9-22(10-8-15)26(24,25)17-5-3-2-4-6-17/h2-6,13,15H,7-12H2,1H3,(H,19,23)(H,20,21). The minimum atomic E-state index is -3.44. The van der Waals surface area contributed by atoms with E-state index in [9.17, 15) is 13.2 Å². The van der Waals surface area contributed by atoms with Crippen molar-refractivity contribution in [2.24, 2.45) is 5.92 Å². The molecule has 0 saturated carbocycles. The van der Waals surface area contributed by atoms with Gasteiger partial charge >= 0.3 is 0 Å². The summed E-state index contributed by atoms with van der Waals surface area (Å²) in [6, 6.07) is 8.49. The van der Waals surface area contributed by atoms with Crippen LogP contribution in [-0.4, -0.2) is 41.9 Å². The molecule has 0 atom stereocenters. The third kappa shape index (κ3) is 4.31. The van der Waals surface area contributed by atoms with E-state index in [0.29, 0.717) is 43.8 Å². The van der Waals surface area contributed by atoms with E-state index < -0.39 is 10.0 Å². The maximum Gasteiger partial charge on any atom is 0.243 e. The first kappa shape index (κ1) is 18.6. The minimum Gasteiger partial charge on any atom is -0.352 e. The van der Waals surface area contributed by atoms with Gasteiger partial charge in [0.05, 0.1) is 11.1 Å². The van der Waals surface area contributed by atoms with Crippen LogP contribution in [0.2, 0.25) is 0 Å². The van der Waals surface area contributed by atoms with Crippen molar-refractivity contribution in [1.29, 1.82) is 0 Å². The Morgan fingerprint density at radius 3 is 2.58 bits per heavy atom. The molecule has 1 saturated heterocycles. The number of nitrogens with one attached hydrogen (secondary N) is 2. The summed E-state index contributed by atoms with van der Waals surface area (Å²) in [6.07, 6.45) is 3.53. The quantitative estimate of drug-likeness (QED) is 0.804. The normalized spacial score (nSPS) is 16.5. The van der Waals surface area contributed by atoms with Crippen molar-refractivity contribution in [3.05, 3.63) is 47.8 Å². The molecule has 0 spiro atoms. The van der Waals surface area contributed by atoms with Crippen LogP contribution in [0.25, 0.3) is 0 Å². The number of rotatable bonds is 6. The van der Waals surface area contributed by atoms with Gasteiger partial charge in [-0.15, -0.1) is 0 Å². The van der Waals surface area contributed by atoms with Gasteiger partial charge < -0.3 is 5.32 Å². The van der Waals surface area contributed by atoms with Gasteiger partial charge in [0.2, 0.25) is 15.9 Å². The van der Waals surface area contributed by atoms with Crippen LogP contribution in [0.3, 0.4) is 0 Å². The number of amides is 1. The Balaban J connectivity index is 1.48. The lowest BCUT2D eigenvalue weighted by Gasteiger charge is -2.31. The molecule has 2 heterocycles. The zero-order chi connectivity index (χ0) is 18.6. The number of sulfonamides is 1. The highest BCUT2D eigenvalue weighted by Gasteiger charge is 2.29. The summed E-state index contributed by atoms with van der Waals surface area (Å²) < 4.78 is 26.8. The summed E-state index contributed by atoms with van der Waals surface area (Å²) in [5, 5.41) is 9.69. The third-order valence-corrected chi connectivity index (χ3v) is 6.75. The lowest BCUT2D eigenvalue weighted by Crippen LogP contribution is -2.39. The molecule has 1 aromatic heterocycles. The lowest BCUT2D eigenvalue weighted by atomic mass is 9.94. The van der Waals surface area contributed by atoms with Crippen molar-refractivity contribution in [2.75, 3.05) is 13.1 Å². The molecule has 140 valence electrons. The van der Waals surface area contributed by atoms with Crippen LogP contribution in [0.15, 0.2) is 41.4 Å². The zero-order valence-electron chi connectivity index (χ0n) is 14.8. The Morgan fingerprint density at radius 2 is 1.96 bits per heavy atom. The molecule has 1 fully saturated rings. The summed E-state index contributed by atoms with van der Waals surface area (Å²) in [4.78, 5) is 12.5. The highest BCUT2D eigenvalue weighted by molar-refractivity contribution is 7.89. The van der Waals surface area contributed by atoms with Crippen LogP contribution < -0.4 is 5.32 Å². The van der Waals surface area contributed by atoms with Gasteiger partial charge in [-0.1, -0.05) is 18.2 Å². The molecule has 1 aliphatic rings. The number of carbonyl (C=O) groups excluding carboxylic acids is 1. The second-order valence-electron chi connectivity index (χ2n) is 6.66. The fourth-order valence-corrected chi connectivity index (χ4v) is 4.67. The number of hydrogen-bond acceptors (Lipinski definition) is 4. The summed E-state index contributed by atoms with van der Waals surface area (Å²) in [6.45, 7) is 3.28. The number of carbonyl (C=O) groups is 1. The van der Waals surface area contributed by atoms with E-state index in [1.165, 1.54) is 4.31 Å². The fraction of sp³-hybridized carbons (Fsp3) is 0.444. The molecule has 0 unspecified atom stereocenters. The number of hydrogen-bond donors (Lipinski definition) is 2. The number of aryl methyl sites for hydroxylation is 1. The maximum atomic E-state index is 12.6. The molecule has 26 heavy (non-hydrogen) atoms. The molecule has 0 bridgehead atoms. The molecule has 2 aromatic rings. The number of benzene rings is 1. The van der Waals surface area contributed by atoms with Crippen molar-refractivity contribution in [3.8, 4) is 0 Å². The average Bonchev–Trinajstić information content (AvgIpc) is 3.06. The molecule has 3 rings (SSSR count). The lowest BCUT2D eigenvalue weighted by molar-refractivity contribution is -0.122. The summed E-state index contributed by atoms with van der Waals surface area (Å²) in [5.41, 5.74) is 1.92. The van der Waals surface area contributed by atoms with Crippen molar-refractivity contribution in [3.63, 3.8) is 0 Å². The second-order valence-corrected chi connectivity index (χ2v) is 8.60. The molecule has 7 nitrogen and oxygen atoms in total. The van der Waals surface area contributed by atoms with Crippen LogP contribution in [-0.2, 0) is 21.4 Å². The minimum absolute atomic E-state index is 0.00466. The Labute approximate surface area is 153 Å². The third-order valence-electron chi connectivity index (χ3n) is 4.84. The molecule has 1 amide bonds. The van der Waals surface area contributed by atoms with Crippen molar-refractivity contribution in [1.82, 2.24) is 19.8 Å². The van der Waals surface area contributed by atoms with Gasteiger partial charge in [-0.2, -0.15) is 9.40 Å². The number of aromatic nitrogens is 2. The van der Waals surface area contributed by atoms with Gasteiger partial charge in [-0.25, -0.2) is 8.42 Å². The van der Waals surface area contributed by atoms with Gasteiger partial charge in [0.15, 0.2) is 0 Å². The van der Waals surface area contributed by atoms with Gasteiger partial charge in [-0.3, -0.25) is 9.89 Å². The Morgan fingerprint density at radius 1 is 1.27 bits per heavy atom. The SMILES string of the molecule is Cc1[nH]ncc1CNC(=O)CC1CCN(S(=O)(=O)c2ccccc2)CC1. The predicted molar refractivity (Wildman–Crippen MR) is 97.7 cm³/mol. The fourth-order valence-electron chi connectivity index (χ4n) is 3.18. The zero-order valence-corrected chi connectivity index (χ0v) is 15.6. The van der Waals surface area contributed by atoms with E-state index in [2.05, 4.69) is 15.5 Å². The molecule has 1 aliphatic heterocycles. The number of piperidine rings is 1. The molecule has 2 N–H and O–H groups in total. The van der Waals surface area contributed by atoms with Crippen LogP contribution in [0.4, 0.5) is 0 Å². The number of nitrogens with zero attached hydrogens (tertiary/aromatic N) is 2. The molecule has 0 aliphatic carbocycles. The Hall–Kier alpha value is -2.19. The van der Waals surface area contributed by atoms with Crippen LogP contribution in [0.1, 0.15) is 30.5 Å². The van der Waals surface area contributed by atoms with E-state index in [1.807, 2.05) is 6.92 Å². The molecule has 0 radical (unpaired) electrons. The Bertz CT molecular complexity index is 840. The van der Waals surface area contributed by atoms with Crippen molar-refractivity contribution < 1.29 is 13.2 Å². The first-order valence-corrected chi connectivity index (χ1v) is 10.2. The first-order valence-electron chi connectivity index (χ1n) is 8.77. The molecular weight excluding hydrogens is 352 g/mol. The van der Waals surface area contributed by atoms with E-state index in [0.717, 1.165) is 11.3 Å². The number of aromatic amines is 1. The van der Waals surface area contributed by atoms with Gasteiger partial charge in [-0.05, 0) is 37.8 Å². The predicted octanol–water partition coefficient (Wildman–Crippen LogP) is 1.83. The number of H-pyrrole nitrogens is 1.